The number of nitrogens with one attached hydrogen (secondary N) is 1. The zero-order chi connectivity index (χ0) is 23.4. The highest BCUT2D eigenvalue weighted by molar-refractivity contribution is 6.33. The molecule has 7 nitrogen and oxygen atoms in total. The average molecular weight is 468 g/mol. The van der Waals surface area contributed by atoms with Crippen molar-refractivity contribution in [2.24, 2.45) is 4.99 Å². The lowest BCUT2D eigenvalue weighted by Crippen LogP contribution is -2.23. The number of allylic oxidation sites excluding steroid dienone is 2. The monoisotopic (exact) mass is 467 g/mol. The highest BCUT2D eigenvalue weighted by atomic mass is 35.5. The highest BCUT2D eigenvalue weighted by Crippen LogP contribution is 2.33. The summed E-state index contributed by atoms with van der Waals surface area (Å²) in [5.41, 5.74) is 1.34. The first-order chi connectivity index (χ1) is 15.9. The lowest BCUT2D eigenvalue weighted by atomic mass is 10.1. The van der Waals surface area contributed by atoms with Crippen molar-refractivity contribution in [3.8, 4) is 17.6 Å². The SMILES string of the molecule is CCOc1cc2ncnc(N=C3C#CC(F)C(Cl)=C3)c2cc1NC(=O)C=CC1CCCN1C. The van der Waals surface area contributed by atoms with Crippen LogP contribution in [0.1, 0.15) is 19.8 Å². The Hall–Kier alpha value is -3.28. The molecule has 33 heavy (non-hydrogen) atoms. The molecular weight excluding hydrogens is 445 g/mol. The number of benzene rings is 1. The molecule has 1 amide bonds. The minimum absolute atomic E-state index is 0.0304. The van der Waals surface area contributed by atoms with Crippen LogP contribution in [0, 0.1) is 11.8 Å². The summed E-state index contributed by atoms with van der Waals surface area (Å²) in [6, 6.07) is 3.70. The summed E-state index contributed by atoms with van der Waals surface area (Å²) < 4.78 is 19.2. The van der Waals surface area contributed by atoms with Crippen molar-refractivity contribution in [2.45, 2.75) is 32.0 Å². The van der Waals surface area contributed by atoms with Gasteiger partial charge < -0.3 is 10.1 Å². The van der Waals surface area contributed by atoms with E-state index in [1.54, 1.807) is 18.2 Å². The Kier molecular flexibility index (Phi) is 7.02. The molecule has 2 atom stereocenters. The minimum Gasteiger partial charge on any atom is -0.492 e. The predicted octanol–water partition coefficient (Wildman–Crippen LogP) is 4.17. The van der Waals surface area contributed by atoms with Crippen LogP contribution < -0.4 is 10.1 Å². The molecule has 4 rings (SSSR count). The van der Waals surface area contributed by atoms with E-state index in [2.05, 4.69) is 37.0 Å². The number of hydrogen-bond acceptors (Lipinski definition) is 6. The van der Waals surface area contributed by atoms with Crippen LogP contribution in [0.2, 0.25) is 0 Å². The van der Waals surface area contributed by atoms with Crippen LogP contribution in [-0.2, 0) is 4.79 Å². The van der Waals surface area contributed by atoms with Crippen LogP contribution in [0.4, 0.5) is 15.9 Å². The van der Waals surface area contributed by atoms with Crippen LogP contribution in [0.15, 0.2) is 46.7 Å². The maximum Gasteiger partial charge on any atom is 0.248 e. The fraction of sp³-hybridized carbons (Fsp3) is 0.333. The van der Waals surface area contributed by atoms with Crippen molar-refractivity contribution in [3.05, 3.63) is 41.7 Å². The zero-order valence-corrected chi connectivity index (χ0v) is 19.1. The standard InChI is InChI=1S/C24H23ClFN5O2/c1-3-33-22-13-20-17(12-21(22)30-23(32)9-7-16-5-4-10-31(16)2)24(28-14-27-20)29-15-6-8-19(26)18(25)11-15/h7,9,11-14,16,19H,3-5,10H2,1-2H3,(H,30,32). The number of halogens is 2. The number of anilines is 1. The van der Waals surface area contributed by atoms with Crippen LogP contribution in [0.5, 0.6) is 5.75 Å². The van der Waals surface area contributed by atoms with Crippen LogP contribution in [-0.4, -0.2) is 58.9 Å². The summed E-state index contributed by atoms with van der Waals surface area (Å²) >= 11 is 5.87. The number of aromatic nitrogens is 2. The molecule has 0 saturated carbocycles. The van der Waals surface area contributed by atoms with E-state index in [1.165, 1.54) is 12.4 Å². The van der Waals surface area contributed by atoms with Gasteiger partial charge in [-0.2, -0.15) is 0 Å². The largest absolute Gasteiger partial charge is 0.492 e. The van der Waals surface area contributed by atoms with Crippen molar-refractivity contribution >= 4 is 45.6 Å². The van der Waals surface area contributed by atoms with E-state index < -0.39 is 6.17 Å². The molecule has 0 bridgehead atoms. The van der Waals surface area contributed by atoms with Crippen molar-refractivity contribution in [1.82, 2.24) is 14.9 Å². The Morgan fingerprint density at radius 2 is 2.30 bits per heavy atom. The van der Waals surface area contributed by atoms with Gasteiger partial charge >= 0.3 is 0 Å². The second kappa shape index (κ2) is 10.1. The normalized spacial score (nSPS) is 21.8. The van der Waals surface area contributed by atoms with Gasteiger partial charge in [-0.25, -0.2) is 19.4 Å². The second-order valence-electron chi connectivity index (χ2n) is 7.69. The van der Waals surface area contributed by atoms with Gasteiger partial charge in [0.1, 0.15) is 17.8 Å². The van der Waals surface area contributed by atoms with Gasteiger partial charge in [0.05, 0.1) is 22.8 Å². The average Bonchev–Trinajstić information content (AvgIpc) is 3.20. The van der Waals surface area contributed by atoms with Gasteiger partial charge in [-0.3, -0.25) is 9.69 Å². The molecule has 9 heteroatoms. The summed E-state index contributed by atoms with van der Waals surface area (Å²) in [6.07, 6.45) is 6.85. The van der Waals surface area contributed by atoms with E-state index in [0.717, 1.165) is 19.4 Å². The Morgan fingerprint density at radius 1 is 1.45 bits per heavy atom. The topological polar surface area (TPSA) is 79.7 Å². The molecule has 1 aliphatic heterocycles. The second-order valence-corrected chi connectivity index (χ2v) is 8.13. The number of hydrogen-bond donors (Lipinski definition) is 1. The molecule has 1 aliphatic carbocycles. The zero-order valence-electron chi connectivity index (χ0n) is 18.3. The smallest absolute Gasteiger partial charge is 0.248 e. The number of fused-ring (bicyclic) bond motifs is 1. The van der Waals surface area contributed by atoms with E-state index in [4.69, 9.17) is 16.3 Å². The predicted molar refractivity (Wildman–Crippen MR) is 128 cm³/mol. The number of carbonyl (C=O) groups is 1. The Labute approximate surface area is 196 Å². The van der Waals surface area contributed by atoms with Crippen LogP contribution in [0.25, 0.3) is 10.9 Å². The van der Waals surface area contributed by atoms with Crippen molar-refractivity contribution < 1.29 is 13.9 Å². The third kappa shape index (κ3) is 5.38. The molecule has 1 fully saturated rings. The first-order valence-corrected chi connectivity index (χ1v) is 11.0. The Morgan fingerprint density at radius 3 is 3.03 bits per heavy atom. The lowest BCUT2D eigenvalue weighted by molar-refractivity contribution is -0.111. The highest BCUT2D eigenvalue weighted by Gasteiger charge is 2.19. The van der Waals surface area contributed by atoms with Gasteiger partial charge in [0, 0.05) is 23.6 Å². The number of amides is 1. The Balaban J connectivity index is 1.67. The molecule has 1 saturated heterocycles. The summed E-state index contributed by atoms with van der Waals surface area (Å²) in [4.78, 5) is 27.8. The molecule has 1 aromatic heterocycles. The van der Waals surface area contributed by atoms with Crippen molar-refractivity contribution in [2.75, 3.05) is 25.5 Å². The third-order valence-corrected chi connectivity index (χ3v) is 5.69. The van der Waals surface area contributed by atoms with Crippen LogP contribution in [0.3, 0.4) is 0 Å². The third-order valence-electron chi connectivity index (χ3n) is 5.39. The molecule has 2 aliphatic rings. The molecular formula is C24H23ClFN5O2. The number of likely N-dealkylation sites (N-methyl/N-ethyl adjacent to an activating group) is 1. The fourth-order valence-corrected chi connectivity index (χ4v) is 3.86. The van der Waals surface area contributed by atoms with Crippen LogP contribution >= 0.6 is 11.6 Å². The van der Waals surface area contributed by atoms with Gasteiger partial charge in [0.25, 0.3) is 0 Å². The number of alkyl halides is 1. The number of carbonyl (C=O) groups excluding carboxylic acids is 1. The summed E-state index contributed by atoms with van der Waals surface area (Å²) in [5.74, 6) is 5.56. The quantitative estimate of drug-likeness (QED) is 0.509. The molecule has 2 unspecified atom stereocenters. The Bertz CT molecular complexity index is 1230. The van der Waals surface area contributed by atoms with Crippen molar-refractivity contribution in [1.29, 1.82) is 0 Å². The molecule has 1 aromatic carbocycles. The number of ether oxygens (including phenoxy) is 1. The summed E-state index contributed by atoms with van der Waals surface area (Å²) in [5, 5.41) is 3.44. The van der Waals surface area contributed by atoms with Crippen molar-refractivity contribution in [3.63, 3.8) is 0 Å². The van der Waals surface area contributed by atoms with Gasteiger partial charge in [-0.1, -0.05) is 23.6 Å². The number of likely N-dealkylation sites (tertiary alicyclic amines) is 1. The van der Waals surface area contributed by atoms with Gasteiger partial charge in [-0.05, 0) is 51.4 Å². The van der Waals surface area contributed by atoms with Gasteiger partial charge in [0.2, 0.25) is 5.91 Å². The first-order valence-electron chi connectivity index (χ1n) is 10.7. The van der Waals surface area contributed by atoms with E-state index in [9.17, 15) is 9.18 Å². The van der Waals surface area contributed by atoms with E-state index >= 15 is 0 Å². The van der Waals surface area contributed by atoms with Gasteiger partial charge in [0.15, 0.2) is 12.0 Å². The van der Waals surface area contributed by atoms with E-state index in [1.807, 2.05) is 20.0 Å². The lowest BCUT2D eigenvalue weighted by Gasteiger charge is -2.15. The number of nitrogens with zero attached hydrogens (tertiary/aromatic N) is 4. The van der Waals surface area contributed by atoms with E-state index in [0.29, 0.717) is 34.8 Å². The minimum atomic E-state index is -1.51. The maximum atomic E-state index is 13.5. The summed E-state index contributed by atoms with van der Waals surface area (Å²) in [6.45, 7) is 3.30. The summed E-state index contributed by atoms with van der Waals surface area (Å²) in [7, 11) is 2.05. The number of aliphatic imine (C=N–C) groups is 1. The maximum absolute atomic E-state index is 13.5. The fourth-order valence-electron chi connectivity index (χ4n) is 3.70. The molecule has 0 spiro atoms. The molecule has 0 radical (unpaired) electrons. The van der Waals surface area contributed by atoms with E-state index in [-0.39, 0.29) is 22.7 Å². The molecule has 1 N–H and O–H groups in total. The van der Waals surface area contributed by atoms with Gasteiger partial charge in [-0.15, -0.1) is 0 Å². The molecule has 170 valence electrons. The molecule has 2 aromatic rings. The molecule has 2 heterocycles. The number of rotatable bonds is 6. The first kappa shape index (κ1) is 22.9.